The lowest BCUT2D eigenvalue weighted by molar-refractivity contribution is -0.135. The fraction of sp³-hybridized carbons (Fsp3) is 0.579. The van der Waals surface area contributed by atoms with Crippen LogP contribution in [0.15, 0.2) is 24.3 Å². The largest absolute Gasteiger partial charge is 0.490 e. The predicted octanol–water partition coefficient (Wildman–Crippen LogP) is 2.32. The van der Waals surface area contributed by atoms with Crippen molar-refractivity contribution in [2.45, 2.75) is 57.6 Å². The maximum absolute atomic E-state index is 13.1. The number of amides is 1. The molecule has 4 rings (SSSR count). The number of fused-ring (bicyclic) bond motifs is 1. The van der Waals surface area contributed by atoms with Gasteiger partial charge in [0.1, 0.15) is 11.9 Å². The molecule has 0 radical (unpaired) electrons. The second kappa shape index (κ2) is 7.43. The van der Waals surface area contributed by atoms with Gasteiger partial charge in [0, 0.05) is 32.5 Å². The van der Waals surface area contributed by atoms with Crippen LogP contribution in [0.1, 0.15) is 49.4 Å². The lowest BCUT2D eigenvalue weighted by atomic mass is 9.98. The fourth-order valence-electron chi connectivity index (χ4n) is 3.88. The van der Waals surface area contributed by atoms with Crippen LogP contribution in [-0.2, 0) is 11.3 Å². The van der Waals surface area contributed by atoms with Crippen LogP contribution in [0.3, 0.4) is 0 Å². The molecule has 7 heteroatoms. The van der Waals surface area contributed by atoms with E-state index < -0.39 is 0 Å². The molecule has 0 saturated carbocycles. The van der Waals surface area contributed by atoms with Crippen LogP contribution >= 0.6 is 0 Å². The number of rotatable bonds is 3. The van der Waals surface area contributed by atoms with Gasteiger partial charge in [-0.1, -0.05) is 24.6 Å². The number of aromatic nitrogens is 4. The van der Waals surface area contributed by atoms with Gasteiger partial charge in [-0.3, -0.25) is 4.79 Å². The van der Waals surface area contributed by atoms with Crippen molar-refractivity contribution in [1.82, 2.24) is 25.1 Å². The van der Waals surface area contributed by atoms with Gasteiger partial charge in [-0.25, -0.2) is 4.68 Å². The minimum Gasteiger partial charge on any atom is -0.490 e. The van der Waals surface area contributed by atoms with E-state index in [0.717, 1.165) is 68.9 Å². The van der Waals surface area contributed by atoms with Gasteiger partial charge in [-0.15, -0.1) is 5.10 Å². The highest BCUT2D eigenvalue weighted by atomic mass is 16.5. The lowest BCUT2D eigenvalue weighted by Gasteiger charge is -2.34. The Labute approximate surface area is 153 Å². The van der Waals surface area contributed by atoms with Crippen molar-refractivity contribution in [2.24, 2.45) is 0 Å². The van der Waals surface area contributed by atoms with E-state index in [9.17, 15) is 4.79 Å². The molecule has 1 atom stereocenters. The van der Waals surface area contributed by atoms with Crippen LogP contribution in [0.25, 0.3) is 0 Å². The molecule has 2 aromatic rings. The second-order valence-corrected chi connectivity index (χ2v) is 7.22. The number of piperidine rings is 1. The molecule has 1 fully saturated rings. The van der Waals surface area contributed by atoms with Crippen LogP contribution in [0.5, 0.6) is 5.75 Å². The minimum atomic E-state index is -0.207. The maximum atomic E-state index is 13.1. The summed E-state index contributed by atoms with van der Waals surface area (Å²) in [6.07, 6.45) is 4.76. The van der Waals surface area contributed by atoms with Crippen LogP contribution in [0, 0.1) is 6.92 Å². The molecule has 0 bridgehead atoms. The molecule has 0 N–H and O–H groups in total. The molecule has 26 heavy (non-hydrogen) atoms. The van der Waals surface area contributed by atoms with Crippen molar-refractivity contribution in [3.05, 3.63) is 35.7 Å². The zero-order chi connectivity index (χ0) is 17.9. The molecule has 1 amide bonds. The Morgan fingerprint density at radius 1 is 1.12 bits per heavy atom. The molecule has 1 unspecified atom stereocenters. The van der Waals surface area contributed by atoms with Gasteiger partial charge in [0.05, 0.1) is 5.92 Å². The summed E-state index contributed by atoms with van der Waals surface area (Å²) in [5.74, 6) is 1.63. The van der Waals surface area contributed by atoms with Crippen LogP contribution in [0.2, 0.25) is 0 Å². The third kappa shape index (κ3) is 3.43. The first-order valence-electron chi connectivity index (χ1n) is 9.49. The van der Waals surface area contributed by atoms with E-state index in [2.05, 4.69) is 28.5 Å². The standard InChI is InChI=1S/C19H25N5O2/c1-14-6-2-3-8-17(14)26-15-9-12-23(13-10-15)19(25)16-7-4-5-11-24-18(16)20-21-22-24/h2-3,6,8,15-16H,4-5,7,9-13H2,1H3. The molecule has 2 aliphatic heterocycles. The highest BCUT2D eigenvalue weighted by molar-refractivity contribution is 5.83. The lowest BCUT2D eigenvalue weighted by Crippen LogP contribution is -2.44. The van der Waals surface area contributed by atoms with Gasteiger partial charge >= 0.3 is 0 Å². The summed E-state index contributed by atoms with van der Waals surface area (Å²) in [6.45, 7) is 4.32. The average Bonchev–Trinajstić information content (AvgIpc) is 3.03. The number of carbonyl (C=O) groups excluding carboxylic acids is 1. The van der Waals surface area contributed by atoms with Crippen LogP contribution in [0.4, 0.5) is 0 Å². The summed E-state index contributed by atoms with van der Waals surface area (Å²) in [6, 6.07) is 8.09. The SMILES string of the molecule is Cc1ccccc1OC1CCN(C(=O)C2CCCCn3nnnc32)CC1. The van der Waals surface area contributed by atoms with Gasteiger partial charge in [0.25, 0.3) is 0 Å². The van der Waals surface area contributed by atoms with Crippen molar-refractivity contribution < 1.29 is 9.53 Å². The molecule has 3 heterocycles. The molecule has 7 nitrogen and oxygen atoms in total. The summed E-state index contributed by atoms with van der Waals surface area (Å²) in [5, 5.41) is 11.9. The summed E-state index contributed by atoms with van der Waals surface area (Å²) >= 11 is 0. The second-order valence-electron chi connectivity index (χ2n) is 7.22. The quantitative estimate of drug-likeness (QED) is 0.845. The Balaban J connectivity index is 1.38. The first-order chi connectivity index (χ1) is 12.7. The topological polar surface area (TPSA) is 73.1 Å². The number of benzene rings is 1. The summed E-state index contributed by atoms with van der Waals surface area (Å²) in [7, 11) is 0. The van der Waals surface area contributed by atoms with E-state index in [1.54, 1.807) is 4.68 Å². The summed E-state index contributed by atoms with van der Waals surface area (Å²) in [5.41, 5.74) is 1.15. The van der Waals surface area contributed by atoms with Gasteiger partial charge < -0.3 is 9.64 Å². The molecule has 138 valence electrons. The number of ether oxygens (including phenoxy) is 1. The van der Waals surface area contributed by atoms with E-state index in [-0.39, 0.29) is 17.9 Å². The Morgan fingerprint density at radius 3 is 2.73 bits per heavy atom. The third-order valence-electron chi connectivity index (χ3n) is 5.42. The van der Waals surface area contributed by atoms with Crippen LogP contribution < -0.4 is 4.74 Å². The monoisotopic (exact) mass is 355 g/mol. The molecule has 2 aliphatic rings. The summed E-state index contributed by atoms with van der Waals surface area (Å²) in [4.78, 5) is 15.0. The van der Waals surface area contributed by atoms with E-state index in [4.69, 9.17) is 4.74 Å². The molecule has 1 saturated heterocycles. The molecular formula is C19H25N5O2. The molecular weight excluding hydrogens is 330 g/mol. The van der Waals surface area contributed by atoms with E-state index in [1.807, 2.05) is 23.1 Å². The first-order valence-corrected chi connectivity index (χ1v) is 9.49. The molecule has 1 aromatic carbocycles. The molecule has 1 aromatic heterocycles. The Morgan fingerprint density at radius 2 is 1.92 bits per heavy atom. The van der Waals surface area contributed by atoms with Crippen molar-refractivity contribution >= 4 is 5.91 Å². The van der Waals surface area contributed by atoms with Crippen LogP contribution in [-0.4, -0.2) is 50.2 Å². The number of hydrogen-bond donors (Lipinski definition) is 0. The normalized spacial score (nSPS) is 21.1. The summed E-state index contributed by atoms with van der Waals surface area (Å²) < 4.78 is 7.94. The number of tetrazole rings is 1. The minimum absolute atomic E-state index is 0.164. The highest BCUT2D eigenvalue weighted by Gasteiger charge is 2.33. The highest BCUT2D eigenvalue weighted by Crippen LogP contribution is 2.28. The number of hydrogen-bond acceptors (Lipinski definition) is 5. The van der Waals surface area contributed by atoms with Gasteiger partial charge in [-0.05, 0) is 41.8 Å². The fourth-order valence-corrected chi connectivity index (χ4v) is 3.88. The number of nitrogens with zero attached hydrogens (tertiary/aromatic N) is 5. The van der Waals surface area contributed by atoms with Crippen molar-refractivity contribution in [1.29, 1.82) is 0 Å². The predicted molar refractivity (Wildman–Crippen MR) is 95.8 cm³/mol. The van der Waals surface area contributed by atoms with Crippen molar-refractivity contribution in [3.63, 3.8) is 0 Å². The third-order valence-corrected chi connectivity index (χ3v) is 5.42. The Bertz CT molecular complexity index is 767. The van der Waals surface area contributed by atoms with Gasteiger partial charge in [0.15, 0.2) is 5.82 Å². The zero-order valence-electron chi connectivity index (χ0n) is 15.2. The number of likely N-dealkylation sites (tertiary alicyclic amines) is 1. The Kier molecular flexibility index (Phi) is 4.86. The van der Waals surface area contributed by atoms with Crippen molar-refractivity contribution in [2.75, 3.05) is 13.1 Å². The zero-order valence-corrected chi connectivity index (χ0v) is 15.2. The average molecular weight is 355 g/mol. The number of carbonyl (C=O) groups is 1. The first kappa shape index (κ1) is 17.0. The molecule has 0 spiro atoms. The van der Waals surface area contributed by atoms with Crippen molar-refractivity contribution in [3.8, 4) is 5.75 Å². The number of para-hydroxylation sites is 1. The smallest absolute Gasteiger partial charge is 0.233 e. The maximum Gasteiger partial charge on any atom is 0.233 e. The van der Waals surface area contributed by atoms with Gasteiger partial charge in [0.2, 0.25) is 5.91 Å². The van der Waals surface area contributed by atoms with E-state index >= 15 is 0 Å². The van der Waals surface area contributed by atoms with Gasteiger partial charge in [-0.2, -0.15) is 0 Å². The molecule has 0 aliphatic carbocycles. The number of aryl methyl sites for hydroxylation is 2. The Hall–Kier alpha value is -2.44. The van der Waals surface area contributed by atoms with E-state index in [0.29, 0.717) is 0 Å². The van der Waals surface area contributed by atoms with E-state index in [1.165, 1.54) is 0 Å².